The minimum Gasteiger partial charge on any atom is -0.478 e. The van der Waals surface area contributed by atoms with E-state index in [0.717, 1.165) is 31.4 Å². The van der Waals surface area contributed by atoms with Gasteiger partial charge in [-0.05, 0) is 30.8 Å². The highest BCUT2D eigenvalue weighted by Gasteiger charge is 2.22. The van der Waals surface area contributed by atoms with Gasteiger partial charge >= 0.3 is 5.97 Å². The Balaban J connectivity index is 2.11. The van der Waals surface area contributed by atoms with Gasteiger partial charge < -0.3 is 10.0 Å². The summed E-state index contributed by atoms with van der Waals surface area (Å²) in [6, 6.07) is 6.96. The molecular weight excluding hydrogens is 215 g/mol. The van der Waals surface area contributed by atoms with Crippen LogP contribution in [0.5, 0.6) is 0 Å². The zero-order valence-corrected chi connectivity index (χ0v) is 9.47. The number of rotatable bonds is 2. The molecule has 1 N–H and O–H groups in total. The number of nitriles is 1. The molecule has 86 valence electrons. The van der Waals surface area contributed by atoms with Crippen LogP contribution in [0.2, 0.25) is 12.6 Å². The average molecular weight is 228 g/mol. The Morgan fingerprint density at radius 1 is 1.41 bits per heavy atom. The Morgan fingerprint density at radius 2 is 2.12 bits per heavy atom. The van der Waals surface area contributed by atoms with Crippen LogP contribution in [0.1, 0.15) is 10.4 Å². The molecule has 1 aliphatic rings. The van der Waals surface area contributed by atoms with Crippen LogP contribution in [0.25, 0.3) is 0 Å². The van der Waals surface area contributed by atoms with Gasteiger partial charge in [0.1, 0.15) is 0 Å². The van der Waals surface area contributed by atoms with Crippen LogP contribution in [0.3, 0.4) is 0 Å². The summed E-state index contributed by atoms with van der Waals surface area (Å²) in [5.41, 5.74) is 1.24. The van der Waals surface area contributed by atoms with Crippen molar-refractivity contribution in [3.8, 4) is 5.97 Å². The molecular formula is C12H13BN2O2. The van der Waals surface area contributed by atoms with Crippen molar-refractivity contribution in [2.24, 2.45) is 0 Å². The predicted molar refractivity (Wildman–Crippen MR) is 66.6 cm³/mol. The van der Waals surface area contributed by atoms with Gasteiger partial charge in [-0.15, -0.1) is 0 Å². The van der Waals surface area contributed by atoms with Crippen molar-refractivity contribution in [1.29, 1.82) is 5.26 Å². The van der Waals surface area contributed by atoms with Gasteiger partial charge in [0.05, 0.1) is 5.56 Å². The Morgan fingerprint density at radius 3 is 2.71 bits per heavy atom. The Hall–Kier alpha value is -1.96. The fraction of sp³-hybridized carbons (Fsp3) is 0.333. The van der Waals surface area contributed by atoms with Crippen molar-refractivity contribution >= 4 is 18.4 Å². The molecule has 1 fully saturated rings. The normalized spacial score (nSPS) is 15.5. The molecule has 0 radical (unpaired) electrons. The first-order valence-electron chi connectivity index (χ1n) is 5.68. The van der Waals surface area contributed by atoms with E-state index in [1.54, 1.807) is 18.2 Å². The van der Waals surface area contributed by atoms with Gasteiger partial charge in [-0.25, -0.2) is 10.1 Å². The van der Waals surface area contributed by atoms with Crippen molar-refractivity contribution in [1.82, 2.24) is 0 Å². The molecule has 0 spiro atoms. The number of carbonyl (C=O) groups is 1. The molecule has 2 rings (SSSR count). The lowest BCUT2D eigenvalue weighted by Crippen LogP contribution is -2.36. The summed E-state index contributed by atoms with van der Waals surface area (Å²) in [4.78, 5) is 13.0. The number of hydrogen-bond acceptors (Lipinski definition) is 3. The van der Waals surface area contributed by atoms with E-state index in [1.807, 2.05) is 6.07 Å². The van der Waals surface area contributed by atoms with E-state index in [-0.39, 0.29) is 6.71 Å². The fourth-order valence-electron chi connectivity index (χ4n) is 2.10. The zero-order chi connectivity index (χ0) is 12.3. The highest BCUT2D eigenvalue weighted by atomic mass is 16.4. The number of anilines is 1. The summed E-state index contributed by atoms with van der Waals surface area (Å²) in [6.45, 7) is 1.79. The quantitative estimate of drug-likeness (QED) is 0.783. The summed E-state index contributed by atoms with van der Waals surface area (Å²) < 4.78 is 0. The second-order valence-corrected chi connectivity index (χ2v) is 4.25. The average Bonchev–Trinajstić information content (AvgIpc) is 2.39. The van der Waals surface area contributed by atoms with Crippen LogP contribution in [0.15, 0.2) is 24.3 Å². The SMILES string of the molecule is N#CB1CCN(c2cccc(C(=O)O)c2)CC1. The van der Waals surface area contributed by atoms with Crippen LogP contribution in [-0.2, 0) is 0 Å². The third-order valence-corrected chi connectivity index (χ3v) is 3.14. The van der Waals surface area contributed by atoms with E-state index < -0.39 is 5.97 Å². The van der Waals surface area contributed by atoms with Crippen LogP contribution in [0, 0.1) is 11.2 Å². The monoisotopic (exact) mass is 228 g/mol. The number of carboxylic acid groups (broad SMARTS) is 1. The van der Waals surface area contributed by atoms with E-state index in [1.165, 1.54) is 0 Å². The van der Waals surface area contributed by atoms with E-state index in [2.05, 4.69) is 10.9 Å². The smallest absolute Gasteiger partial charge is 0.335 e. The zero-order valence-electron chi connectivity index (χ0n) is 9.47. The summed E-state index contributed by atoms with van der Waals surface area (Å²) in [7, 11) is 0. The summed E-state index contributed by atoms with van der Waals surface area (Å²) in [6.07, 6.45) is 1.71. The minimum absolute atomic E-state index is 0.147. The first kappa shape index (κ1) is 11.5. The highest BCUT2D eigenvalue weighted by molar-refractivity contribution is 6.67. The molecule has 0 amide bonds. The van der Waals surface area contributed by atoms with E-state index in [0.29, 0.717) is 5.56 Å². The molecule has 0 unspecified atom stereocenters. The van der Waals surface area contributed by atoms with Gasteiger partial charge in [0, 0.05) is 24.7 Å². The maximum absolute atomic E-state index is 10.9. The Bertz CT molecular complexity index is 462. The molecule has 1 aromatic carbocycles. The molecule has 0 bridgehead atoms. The van der Waals surface area contributed by atoms with Crippen LogP contribution >= 0.6 is 0 Å². The molecule has 1 aliphatic heterocycles. The van der Waals surface area contributed by atoms with Crippen molar-refractivity contribution in [3.05, 3.63) is 29.8 Å². The molecule has 0 saturated carbocycles. The van der Waals surface area contributed by atoms with Gasteiger partial charge in [0.25, 0.3) is 6.71 Å². The number of carboxylic acids is 1. The van der Waals surface area contributed by atoms with E-state index >= 15 is 0 Å². The number of benzene rings is 1. The standard InChI is InChI=1S/C12H13BN2O2/c14-9-13-4-6-15(7-5-13)11-3-1-2-10(8-11)12(16)17/h1-3,8H,4-7H2,(H,16,17). The minimum atomic E-state index is -0.904. The van der Waals surface area contributed by atoms with Gasteiger partial charge in [-0.2, -0.15) is 0 Å². The van der Waals surface area contributed by atoms with Gasteiger partial charge in [-0.1, -0.05) is 6.07 Å². The maximum Gasteiger partial charge on any atom is 0.335 e. The topological polar surface area (TPSA) is 64.3 Å². The lowest BCUT2D eigenvalue weighted by atomic mass is 9.45. The van der Waals surface area contributed by atoms with Gasteiger partial charge in [0.2, 0.25) is 0 Å². The molecule has 4 nitrogen and oxygen atoms in total. The molecule has 5 heteroatoms. The molecule has 0 aliphatic carbocycles. The van der Waals surface area contributed by atoms with Crippen molar-refractivity contribution in [2.75, 3.05) is 18.0 Å². The summed E-state index contributed by atoms with van der Waals surface area (Å²) >= 11 is 0. The largest absolute Gasteiger partial charge is 0.478 e. The molecule has 1 saturated heterocycles. The second kappa shape index (κ2) is 4.92. The lowest BCUT2D eigenvalue weighted by Gasteiger charge is -2.30. The second-order valence-electron chi connectivity index (χ2n) is 4.25. The summed E-state index contributed by atoms with van der Waals surface area (Å²) in [5.74, 6) is 1.38. The maximum atomic E-state index is 10.9. The van der Waals surface area contributed by atoms with E-state index in [9.17, 15) is 4.79 Å². The number of hydrogen-bond donors (Lipinski definition) is 1. The molecule has 0 atom stereocenters. The van der Waals surface area contributed by atoms with Gasteiger partial charge in [0.15, 0.2) is 0 Å². The number of nitrogens with zero attached hydrogens (tertiary/aromatic N) is 2. The van der Waals surface area contributed by atoms with Crippen molar-refractivity contribution < 1.29 is 9.90 Å². The van der Waals surface area contributed by atoms with Crippen LogP contribution < -0.4 is 4.90 Å². The summed E-state index contributed by atoms with van der Waals surface area (Å²) in [5, 5.41) is 17.7. The number of aromatic carboxylic acids is 1. The molecule has 1 heterocycles. The fourth-order valence-corrected chi connectivity index (χ4v) is 2.10. The Kier molecular flexibility index (Phi) is 3.33. The Labute approximate surface area is 101 Å². The molecule has 1 aromatic rings. The molecule has 17 heavy (non-hydrogen) atoms. The van der Waals surface area contributed by atoms with E-state index in [4.69, 9.17) is 10.4 Å². The van der Waals surface area contributed by atoms with Crippen LogP contribution in [-0.4, -0.2) is 30.9 Å². The third-order valence-electron chi connectivity index (χ3n) is 3.14. The highest BCUT2D eigenvalue weighted by Crippen LogP contribution is 2.21. The first-order chi connectivity index (χ1) is 8.20. The third kappa shape index (κ3) is 2.59. The van der Waals surface area contributed by atoms with Crippen LogP contribution in [0.4, 0.5) is 5.69 Å². The van der Waals surface area contributed by atoms with Crippen molar-refractivity contribution in [2.45, 2.75) is 12.6 Å². The van der Waals surface area contributed by atoms with Gasteiger partial charge in [-0.3, -0.25) is 0 Å². The first-order valence-corrected chi connectivity index (χ1v) is 5.68. The lowest BCUT2D eigenvalue weighted by molar-refractivity contribution is 0.0697. The molecule has 0 aromatic heterocycles. The van der Waals surface area contributed by atoms with Crippen molar-refractivity contribution in [3.63, 3.8) is 0 Å². The predicted octanol–water partition coefficient (Wildman–Crippen LogP) is 1.76.